The molecule has 0 aromatic rings. The molecule has 0 saturated heterocycles. The maximum absolute atomic E-state index is 13.1. The largest absolute Gasteiger partial charge is 0.472 e. The molecule has 3 unspecified atom stereocenters. The topological polar surface area (TPSA) is 237 Å². The summed E-state index contributed by atoms with van der Waals surface area (Å²) in [5.41, 5.74) is 0. The number of rotatable bonds is 75. The van der Waals surface area contributed by atoms with Crippen LogP contribution >= 0.6 is 15.6 Å². The van der Waals surface area contributed by atoms with E-state index >= 15 is 0 Å². The predicted molar refractivity (Wildman–Crippen MR) is 382 cm³/mol. The minimum atomic E-state index is -4.96. The van der Waals surface area contributed by atoms with E-state index in [-0.39, 0.29) is 25.7 Å². The maximum Gasteiger partial charge on any atom is 0.472 e. The molecule has 3 N–H and O–H groups in total. The van der Waals surface area contributed by atoms with Crippen molar-refractivity contribution in [2.45, 2.75) is 412 Å². The number of carbonyl (C=O) groups is 4. The summed E-state index contributed by atoms with van der Waals surface area (Å²) >= 11 is 0. The van der Waals surface area contributed by atoms with Gasteiger partial charge in [-0.1, -0.05) is 343 Å². The first-order valence-corrected chi connectivity index (χ1v) is 42.2. The molecule has 0 heterocycles. The zero-order chi connectivity index (χ0) is 69.1. The SMILES string of the molecule is CCCCCCCCCCCCCCCCCCCCC(=O)O[C@H](COC(=O)CCCCCCCCCCCCC(C)CC)COP(=O)(O)OC[C@@H](O)COP(=O)(O)OC[C@@H](COC(=O)CCCCCCCCCCCCC)OC(=O)CCCCCCCCCCCCC. The first-order chi connectivity index (χ1) is 45.6. The molecule has 0 aromatic heterocycles. The zero-order valence-corrected chi connectivity index (χ0v) is 62.9. The number of hydrogen-bond donors (Lipinski definition) is 3. The smallest absolute Gasteiger partial charge is 0.462 e. The number of esters is 4. The van der Waals surface area contributed by atoms with E-state index in [0.29, 0.717) is 25.7 Å². The highest BCUT2D eigenvalue weighted by molar-refractivity contribution is 7.47. The normalized spacial score (nSPS) is 14.3. The number of ether oxygens (including phenoxy) is 4. The van der Waals surface area contributed by atoms with E-state index in [2.05, 4.69) is 34.6 Å². The summed E-state index contributed by atoms with van der Waals surface area (Å²) in [4.78, 5) is 72.8. The van der Waals surface area contributed by atoms with Crippen LogP contribution in [0.15, 0.2) is 0 Å². The van der Waals surface area contributed by atoms with Crippen molar-refractivity contribution in [2.24, 2.45) is 5.92 Å². The van der Waals surface area contributed by atoms with E-state index in [1.807, 2.05) is 0 Å². The van der Waals surface area contributed by atoms with E-state index in [1.54, 1.807) is 0 Å². The monoisotopic (exact) mass is 1380 g/mol. The molecule has 0 rings (SSSR count). The fourth-order valence-electron chi connectivity index (χ4n) is 11.5. The predicted octanol–water partition coefficient (Wildman–Crippen LogP) is 22.1. The molecule has 558 valence electrons. The summed E-state index contributed by atoms with van der Waals surface area (Å²) in [6, 6.07) is 0. The Morgan fingerprint density at radius 2 is 0.511 bits per heavy atom. The fourth-order valence-corrected chi connectivity index (χ4v) is 13.1. The Balaban J connectivity index is 5.24. The van der Waals surface area contributed by atoms with Gasteiger partial charge in [-0.3, -0.25) is 37.3 Å². The molecule has 17 nitrogen and oxygen atoms in total. The molecule has 0 saturated carbocycles. The summed E-state index contributed by atoms with van der Waals surface area (Å²) in [6.07, 6.45) is 56.7. The Labute approximate surface area is 575 Å². The minimum Gasteiger partial charge on any atom is -0.462 e. The number of phosphoric acid groups is 2. The minimum absolute atomic E-state index is 0.107. The van der Waals surface area contributed by atoms with Crippen molar-refractivity contribution < 1.29 is 80.2 Å². The molecule has 0 bridgehead atoms. The van der Waals surface area contributed by atoms with E-state index < -0.39 is 97.5 Å². The Bertz CT molecular complexity index is 1810. The molecule has 0 aliphatic carbocycles. The van der Waals surface area contributed by atoms with Crippen LogP contribution in [0.3, 0.4) is 0 Å². The van der Waals surface area contributed by atoms with Gasteiger partial charge in [0.1, 0.15) is 19.3 Å². The molecular weight excluding hydrogens is 1230 g/mol. The van der Waals surface area contributed by atoms with Crippen molar-refractivity contribution in [3.05, 3.63) is 0 Å². The van der Waals surface area contributed by atoms with Crippen molar-refractivity contribution in [3.8, 4) is 0 Å². The van der Waals surface area contributed by atoms with Crippen LogP contribution in [0.2, 0.25) is 0 Å². The summed E-state index contributed by atoms with van der Waals surface area (Å²) in [5, 5.41) is 10.6. The van der Waals surface area contributed by atoms with Crippen LogP contribution in [0.1, 0.15) is 394 Å². The summed E-state index contributed by atoms with van der Waals surface area (Å²) in [6.45, 7) is 7.31. The van der Waals surface area contributed by atoms with Crippen LogP contribution in [0.25, 0.3) is 0 Å². The zero-order valence-electron chi connectivity index (χ0n) is 61.1. The third kappa shape index (κ3) is 67.3. The van der Waals surface area contributed by atoms with Crippen LogP contribution in [0.5, 0.6) is 0 Å². The first kappa shape index (κ1) is 92.1. The standard InChI is InChI=1S/C75H146O17P2/c1-6-10-13-16-19-22-25-26-27-28-29-30-31-34-41-46-51-56-61-75(80)92-71(65-86-73(78)59-54-49-44-39-36-35-37-42-47-52-57-68(5)9-4)67-90-94(83,84)88-63-69(76)62-87-93(81,82)89-66-70(91-74(79)60-55-50-45-40-33-24-21-18-15-12-8-3)64-85-72(77)58-53-48-43-38-32-23-20-17-14-11-7-2/h68-71,76H,6-67H2,1-5H3,(H,81,82)(H,83,84)/t68?,69-,70+,71+/m0/s1. The van der Waals surface area contributed by atoms with Gasteiger partial charge in [0.2, 0.25) is 0 Å². The lowest BCUT2D eigenvalue weighted by atomic mass is 9.99. The maximum atomic E-state index is 13.1. The Kier molecular flexibility index (Phi) is 66.8. The van der Waals surface area contributed by atoms with Gasteiger partial charge in [0.05, 0.1) is 26.4 Å². The van der Waals surface area contributed by atoms with Gasteiger partial charge < -0.3 is 33.8 Å². The first-order valence-electron chi connectivity index (χ1n) is 39.2. The molecule has 0 fully saturated rings. The van der Waals surface area contributed by atoms with Crippen molar-refractivity contribution >= 4 is 39.5 Å². The molecular formula is C75H146O17P2. The third-order valence-corrected chi connectivity index (χ3v) is 19.8. The number of phosphoric ester groups is 2. The van der Waals surface area contributed by atoms with Crippen molar-refractivity contribution in [1.82, 2.24) is 0 Å². The van der Waals surface area contributed by atoms with Gasteiger partial charge in [-0.05, 0) is 31.6 Å². The van der Waals surface area contributed by atoms with Crippen molar-refractivity contribution in [1.29, 1.82) is 0 Å². The molecule has 0 aliphatic heterocycles. The average Bonchev–Trinajstić information content (AvgIpc) is 1.63. The number of aliphatic hydroxyl groups is 1. The Hall–Kier alpha value is -1.94. The third-order valence-electron chi connectivity index (χ3n) is 17.9. The van der Waals surface area contributed by atoms with Crippen molar-refractivity contribution in [2.75, 3.05) is 39.6 Å². The van der Waals surface area contributed by atoms with E-state index in [1.165, 1.54) is 218 Å². The van der Waals surface area contributed by atoms with Gasteiger partial charge in [-0.25, -0.2) is 9.13 Å². The molecule has 0 aliphatic rings. The second-order valence-electron chi connectivity index (χ2n) is 27.3. The van der Waals surface area contributed by atoms with E-state index in [0.717, 1.165) is 95.8 Å². The molecule has 6 atom stereocenters. The summed E-state index contributed by atoms with van der Waals surface area (Å²) < 4.78 is 68.5. The van der Waals surface area contributed by atoms with Crippen LogP contribution in [0.4, 0.5) is 0 Å². The molecule has 0 aromatic carbocycles. The van der Waals surface area contributed by atoms with Gasteiger partial charge in [0, 0.05) is 25.7 Å². The number of hydrogen-bond acceptors (Lipinski definition) is 15. The molecule has 0 radical (unpaired) electrons. The molecule has 0 spiro atoms. The average molecular weight is 1380 g/mol. The van der Waals surface area contributed by atoms with Crippen molar-refractivity contribution in [3.63, 3.8) is 0 Å². The Morgan fingerprint density at radius 1 is 0.298 bits per heavy atom. The van der Waals surface area contributed by atoms with Gasteiger partial charge in [0.25, 0.3) is 0 Å². The van der Waals surface area contributed by atoms with E-state index in [4.69, 9.17) is 37.0 Å². The van der Waals surface area contributed by atoms with Gasteiger partial charge in [-0.2, -0.15) is 0 Å². The number of unbranched alkanes of at least 4 members (excludes halogenated alkanes) is 46. The fraction of sp³-hybridized carbons (Fsp3) is 0.947. The van der Waals surface area contributed by atoms with Gasteiger partial charge in [0.15, 0.2) is 12.2 Å². The molecule has 19 heteroatoms. The lowest BCUT2D eigenvalue weighted by Crippen LogP contribution is -2.30. The van der Waals surface area contributed by atoms with Crippen LogP contribution < -0.4 is 0 Å². The lowest BCUT2D eigenvalue weighted by Gasteiger charge is -2.21. The number of carbonyl (C=O) groups excluding carboxylic acids is 4. The second kappa shape index (κ2) is 68.2. The van der Waals surface area contributed by atoms with Gasteiger partial charge >= 0.3 is 39.5 Å². The number of aliphatic hydroxyl groups excluding tert-OH is 1. The summed E-state index contributed by atoms with van der Waals surface area (Å²) in [7, 11) is -9.91. The highest BCUT2D eigenvalue weighted by Gasteiger charge is 2.30. The lowest BCUT2D eigenvalue weighted by molar-refractivity contribution is -0.161. The second-order valence-corrected chi connectivity index (χ2v) is 30.2. The highest BCUT2D eigenvalue weighted by Crippen LogP contribution is 2.45. The van der Waals surface area contributed by atoms with Crippen LogP contribution in [0, 0.1) is 5.92 Å². The summed E-state index contributed by atoms with van der Waals surface area (Å²) in [5.74, 6) is -1.30. The van der Waals surface area contributed by atoms with Crippen LogP contribution in [-0.4, -0.2) is 96.7 Å². The molecule has 94 heavy (non-hydrogen) atoms. The van der Waals surface area contributed by atoms with Crippen LogP contribution in [-0.2, 0) is 65.4 Å². The molecule has 0 amide bonds. The highest BCUT2D eigenvalue weighted by atomic mass is 31.2. The Morgan fingerprint density at radius 3 is 0.755 bits per heavy atom. The van der Waals surface area contributed by atoms with E-state index in [9.17, 15) is 43.2 Å². The van der Waals surface area contributed by atoms with Gasteiger partial charge in [-0.15, -0.1) is 0 Å². The quantitative estimate of drug-likeness (QED) is 0.0222.